The van der Waals surface area contributed by atoms with Crippen molar-refractivity contribution >= 4 is 39.0 Å². The van der Waals surface area contributed by atoms with E-state index in [-0.39, 0.29) is 11.5 Å². The Kier molecular flexibility index (Phi) is 4.77. The first-order valence-electron chi connectivity index (χ1n) is 7.38. The van der Waals surface area contributed by atoms with Gasteiger partial charge in [-0.15, -0.1) is 11.3 Å². The number of carboxylic acid groups (broad SMARTS) is 1. The van der Waals surface area contributed by atoms with Crippen LogP contribution in [0.4, 0.5) is 15.9 Å². The van der Waals surface area contributed by atoms with E-state index in [1.165, 1.54) is 24.5 Å². The molecule has 0 saturated heterocycles. The van der Waals surface area contributed by atoms with E-state index in [2.05, 4.69) is 15.3 Å². The molecule has 1 aromatic carbocycles. The summed E-state index contributed by atoms with van der Waals surface area (Å²) in [6.07, 6.45) is 1.34. The first-order chi connectivity index (χ1) is 12.0. The monoisotopic (exact) mass is 362 g/mol. The maximum Gasteiger partial charge on any atom is 0.346 e. The van der Waals surface area contributed by atoms with Gasteiger partial charge >= 0.3 is 5.97 Å². The van der Waals surface area contributed by atoms with Gasteiger partial charge in [-0.2, -0.15) is 0 Å². The molecular formula is C16H15FN4O3S. The van der Waals surface area contributed by atoms with Gasteiger partial charge in [0.2, 0.25) is 0 Å². The van der Waals surface area contributed by atoms with E-state index in [1.54, 1.807) is 6.92 Å². The Morgan fingerprint density at radius 1 is 1.44 bits per heavy atom. The van der Waals surface area contributed by atoms with Crippen LogP contribution in [0, 0.1) is 12.7 Å². The number of rotatable bonds is 6. The second kappa shape index (κ2) is 6.99. The summed E-state index contributed by atoms with van der Waals surface area (Å²) in [6, 6.07) is 4.06. The lowest BCUT2D eigenvalue weighted by Crippen LogP contribution is -2.11. The highest BCUT2D eigenvalue weighted by atomic mass is 32.1. The molecule has 0 aliphatic heterocycles. The standard InChI is InChI=1S/C16H15FN4O3S/c1-8-12-14(19-7-20-15(12)25-13(8)16(22)23)21-10-3-2-9(17)6-11(10)24-5-4-18/h2-3,6-7H,4-5,18H2,1H3,(H,22,23)(H,19,20,21). The maximum absolute atomic E-state index is 13.5. The summed E-state index contributed by atoms with van der Waals surface area (Å²) in [5.74, 6) is -0.732. The molecule has 9 heteroatoms. The van der Waals surface area contributed by atoms with Crippen molar-refractivity contribution in [3.8, 4) is 5.75 Å². The number of aromatic nitrogens is 2. The van der Waals surface area contributed by atoms with E-state index >= 15 is 0 Å². The van der Waals surface area contributed by atoms with Crippen LogP contribution in [-0.2, 0) is 0 Å². The number of aromatic carboxylic acids is 1. The fourth-order valence-corrected chi connectivity index (χ4v) is 3.37. The molecule has 7 nitrogen and oxygen atoms in total. The molecule has 0 saturated carbocycles. The van der Waals surface area contributed by atoms with Crippen LogP contribution in [0.2, 0.25) is 0 Å². The average molecular weight is 362 g/mol. The number of nitrogens with zero attached hydrogens (tertiary/aromatic N) is 2. The highest BCUT2D eigenvalue weighted by Gasteiger charge is 2.19. The molecule has 0 unspecified atom stereocenters. The Morgan fingerprint density at radius 2 is 2.24 bits per heavy atom. The summed E-state index contributed by atoms with van der Waals surface area (Å²) in [7, 11) is 0. The first kappa shape index (κ1) is 17.1. The molecule has 0 aliphatic carbocycles. The van der Waals surface area contributed by atoms with Gasteiger partial charge in [-0.3, -0.25) is 0 Å². The molecule has 0 bridgehead atoms. The van der Waals surface area contributed by atoms with Crippen LogP contribution in [0.5, 0.6) is 5.75 Å². The molecule has 4 N–H and O–H groups in total. The van der Waals surface area contributed by atoms with E-state index < -0.39 is 11.8 Å². The number of nitrogens with one attached hydrogen (secondary N) is 1. The Morgan fingerprint density at radius 3 is 2.96 bits per heavy atom. The Labute approximate surface area is 146 Å². The van der Waals surface area contributed by atoms with Crippen LogP contribution in [0.3, 0.4) is 0 Å². The van der Waals surface area contributed by atoms with E-state index in [0.29, 0.717) is 39.6 Å². The van der Waals surface area contributed by atoms with E-state index in [1.807, 2.05) is 0 Å². The summed E-state index contributed by atoms with van der Waals surface area (Å²) in [4.78, 5) is 20.4. The van der Waals surface area contributed by atoms with Gasteiger partial charge in [0.15, 0.2) is 0 Å². The number of nitrogens with two attached hydrogens (primary N) is 1. The molecular weight excluding hydrogens is 347 g/mol. The fraction of sp³-hybridized carbons (Fsp3) is 0.188. The molecule has 2 aromatic heterocycles. The quantitative estimate of drug-likeness (QED) is 0.618. The van der Waals surface area contributed by atoms with Crippen molar-refractivity contribution in [3.63, 3.8) is 0 Å². The van der Waals surface area contributed by atoms with Crippen molar-refractivity contribution in [3.05, 3.63) is 40.8 Å². The molecule has 130 valence electrons. The molecule has 25 heavy (non-hydrogen) atoms. The molecule has 0 fully saturated rings. The number of ether oxygens (including phenoxy) is 1. The number of fused-ring (bicyclic) bond motifs is 1. The minimum absolute atomic E-state index is 0.206. The Balaban J connectivity index is 2.05. The highest BCUT2D eigenvalue weighted by Crippen LogP contribution is 2.36. The molecule has 0 amide bonds. The third kappa shape index (κ3) is 3.37. The topological polar surface area (TPSA) is 110 Å². The Bertz CT molecular complexity index is 945. The minimum atomic E-state index is -1.01. The summed E-state index contributed by atoms with van der Waals surface area (Å²) >= 11 is 1.08. The van der Waals surface area contributed by atoms with E-state index in [4.69, 9.17) is 10.5 Å². The van der Waals surface area contributed by atoms with E-state index in [0.717, 1.165) is 11.3 Å². The van der Waals surface area contributed by atoms with Gasteiger partial charge in [-0.25, -0.2) is 19.2 Å². The number of carbonyl (C=O) groups is 1. The van der Waals surface area contributed by atoms with Crippen molar-refractivity contribution < 1.29 is 19.0 Å². The van der Waals surface area contributed by atoms with Crippen LogP contribution in [0.1, 0.15) is 15.2 Å². The Hall–Kier alpha value is -2.78. The number of aryl methyl sites for hydroxylation is 1. The normalized spacial score (nSPS) is 10.8. The fourth-order valence-electron chi connectivity index (χ4n) is 2.39. The minimum Gasteiger partial charge on any atom is -0.490 e. The molecule has 3 aromatic rings. The van der Waals surface area contributed by atoms with Gasteiger partial charge in [-0.1, -0.05) is 0 Å². The van der Waals surface area contributed by atoms with Crippen molar-refractivity contribution in [2.24, 2.45) is 5.73 Å². The van der Waals surface area contributed by atoms with Crippen molar-refractivity contribution in [2.45, 2.75) is 6.92 Å². The number of halogens is 1. The van der Waals surface area contributed by atoms with Gasteiger partial charge in [0.1, 0.15) is 40.0 Å². The summed E-state index contributed by atoms with van der Waals surface area (Å²) in [5.41, 5.74) is 6.50. The van der Waals surface area contributed by atoms with Gasteiger partial charge in [0.25, 0.3) is 0 Å². The van der Waals surface area contributed by atoms with Crippen molar-refractivity contribution in [1.82, 2.24) is 9.97 Å². The predicted octanol–water partition coefficient (Wildman–Crippen LogP) is 2.92. The molecule has 0 spiro atoms. The molecule has 3 rings (SSSR count). The van der Waals surface area contributed by atoms with Crippen LogP contribution < -0.4 is 15.8 Å². The molecule has 0 atom stereocenters. The number of hydrogen-bond acceptors (Lipinski definition) is 7. The van der Waals surface area contributed by atoms with Crippen LogP contribution in [0.25, 0.3) is 10.2 Å². The summed E-state index contributed by atoms with van der Waals surface area (Å²) in [6.45, 7) is 2.23. The molecule has 0 aliphatic rings. The summed E-state index contributed by atoms with van der Waals surface area (Å²) in [5, 5.41) is 13.0. The zero-order valence-electron chi connectivity index (χ0n) is 13.2. The second-order valence-corrected chi connectivity index (χ2v) is 6.17. The third-order valence-electron chi connectivity index (χ3n) is 3.49. The third-order valence-corrected chi connectivity index (χ3v) is 4.68. The number of anilines is 2. The van der Waals surface area contributed by atoms with Gasteiger partial charge in [0, 0.05) is 12.6 Å². The second-order valence-electron chi connectivity index (χ2n) is 5.17. The smallest absolute Gasteiger partial charge is 0.346 e. The lowest BCUT2D eigenvalue weighted by molar-refractivity contribution is 0.0701. The summed E-state index contributed by atoms with van der Waals surface area (Å²) < 4.78 is 19.0. The maximum atomic E-state index is 13.5. The van der Waals surface area contributed by atoms with Gasteiger partial charge in [0.05, 0.1) is 11.1 Å². The van der Waals surface area contributed by atoms with Crippen LogP contribution in [0.15, 0.2) is 24.5 Å². The van der Waals surface area contributed by atoms with E-state index in [9.17, 15) is 14.3 Å². The predicted molar refractivity (Wildman–Crippen MR) is 93.3 cm³/mol. The lowest BCUT2D eigenvalue weighted by Gasteiger charge is -2.13. The number of carboxylic acids is 1. The van der Waals surface area contributed by atoms with Crippen molar-refractivity contribution in [1.29, 1.82) is 0 Å². The number of hydrogen-bond donors (Lipinski definition) is 3. The molecule has 2 heterocycles. The number of benzene rings is 1. The lowest BCUT2D eigenvalue weighted by atomic mass is 10.2. The number of thiophene rings is 1. The van der Waals surface area contributed by atoms with Gasteiger partial charge in [-0.05, 0) is 24.6 Å². The van der Waals surface area contributed by atoms with Crippen LogP contribution in [-0.4, -0.2) is 34.2 Å². The highest BCUT2D eigenvalue weighted by molar-refractivity contribution is 7.20. The van der Waals surface area contributed by atoms with Crippen molar-refractivity contribution in [2.75, 3.05) is 18.5 Å². The van der Waals surface area contributed by atoms with Gasteiger partial charge < -0.3 is 20.9 Å². The van der Waals surface area contributed by atoms with Crippen LogP contribution >= 0.6 is 11.3 Å². The SMILES string of the molecule is Cc1c(C(=O)O)sc2ncnc(Nc3ccc(F)cc3OCCN)c12. The average Bonchev–Trinajstić information content (AvgIpc) is 2.93. The zero-order chi connectivity index (χ0) is 18.0. The zero-order valence-corrected chi connectivity index (χ0v) is 14.1. The first-order valence-corrected chi connectivity index (χ1v) is 8.19. The largest absolute Gasteiger partial charge is 0.490 e. The molecule has 0 radical (unpaired) electrons.